The number of nitrogens with zero attached hydrogens (tertiary/aromatic N) is 1. The minimum Gasteiger partial charge on any atom is -0.465 e. The van der Waals surface area contributed by atoms with Crippen molar-refractivity contribution >= 4 is 17.7 Å². The Morgan fingerprint density at radius 2 is 1.87 bits per heavy atom. The number of hydrogen-bond acceptors (Lipinski definition) is 9. The lowest BCUT2D eigenvalue weighted by atomic mass is 9.79. The van der Waals surface area contributed by atoms with Crippen molar-refractivity contribution in [1.29, 1.82) is 0 Å². The lowest BCUT2D eigenvalue weighted by Crippen LogP contribution is -2.66. The second-order valence-corrected chi connectivity index (χ2v) is 5.90. The van der Waals surface area contributed by atoms with Crippen LogP contribution in [0.2, 0.25) is 0 Å². The number of fused-ring (bicyclic) bond motifs is 5. The van der Waals surface area contributed by atoms with Gasteiger partial charge >= 0.3 is 11.9 Å². The molecule has 126 valence electrons. The summed E-state index contributed by atoms with van der Waals surface area (Å²) in [5.41, 5.74) is 1.96. The van der Waals surface area contributed by atoms with E-state index in [1.165, 1.54) is 7.11 Å². The molecular formula is C14H18N2O7. The van der Waals surface area contributed by atoms with Gasteiger partial charge in [-0.1, -0.05) is 5.57 Å². The second-order valence-electron chi connectivity index (χ2n) is 5.90. The van der Waals surface area contributed by atoms with Crippen LogP contribution < -0.4 is 5.43 Å². The van der Waals surface area contributed by atoms with E-state index in [1.807, 2.05) is 13.8 Å². The van der Waals surface area contributed by atoms with Gasteiger partial charge in [0.25, 0.3) is 5.72 Å². The SMILES string of the molecule is COC(=O)C1=NNC(O)(C(=O)OC)C2C3OOC(C3=C(C)C)C12. The van der Waals surface area contributed by atoms with Crippen molar-refractivity contribution in [2.75, 3.05) is 14.2 Å². The Labute approximate surface area is 132 Å². The maximum Gasteiger partial charge on any atom is 0.361 e. The maximum absolute atomic E-state index is 12.1. The van der Waals surface area contributed by atoms with E-state index in [1.54, 1.807) is 0 Å². The molecule has 3 aliphatic rings. The molecule has 0 aromatic rings. The van der Waals surface area contributed by atoms with E-state index >= 15 is 0 Å². The van der Waals surface area contributed by atoms with Gasteiger partial charge in [0.15, 0.2) is 5.71 Å². The van der Waals surface area contributed by atoms with Crippen LogP contribution in [0.3, 0.4) is 0 Å². The third-order valence-corrected chi connectivity index (χ3v) is 4.53. The molecule has 0 radical (unpaired) electrons. The van der Waals surface area contributed by atoms with Crippen LogP contribution in [0.15, 0.2) is 16.2 Å². The number of carbonyl (C=O) groups excluding carboxylic acids is 2. The molecule has 1 saturated heterocycles. The Kier molecular flexibility index (Phi) is 3.66. The van der Waals surface area contributed by atoms with Crippen molar-refractivity contribution < 1.29 is 33.9 Å². The number of allylic oxidation sites excluding steroid dienone is 1. The number of aliphatic hydroxyl groups is 1. The Hall–Kier alpha value is -1.97. The molecule has 1 aliphatic carbocycles. The molecule has 0 amide bonds. The van der Waals surface area contributed by atoms with E-state index in [4.69, 9.17) is 14.5 Å². The van der Waals surface area contributed by atoms with Crippen molar-refractivity contribution in [3.05, 3.63) is 11.1 Å². The van der Waals surface area contributed by atoms with Crippen LogP contribution in [0.5, 0.6) is 0 Å². The van der Waals surface area contributed by atoms with E-state index in [-0.39, 0.29) is 5.71 Å². The Morgan fingerprint density at radius 1 is 1.22 bits per heavy atom. The molecule has 9 heteroatoms. The van der Waals surface area contributed by atoms with Gasteiger partial charge in [-0.2, -0.15) is 5.10 Å². The third kappa shape index (κ3) is 2.00. The standard InChI is InChI=1S/C14H18N2O7/c1-5(2)6-10-7-8(11(6)23-22-10)14(19,13(18)21-4)16-15-9(7)12(17)20-3/h7-8,10-11,16,19H,1-4H3. The molecule has 5 unspecified atom stereocenters. The van der Waals surface area contributed by atoms with E-state index < -0.39 is 41.7 Å². The van der Waals surface area contributed by atoms with E-state index in [0.717, 1.165) is 18.3 Å². The average molecular weight is 326 g/mol. The zero-order chi connectivity index (χ0) is 16.9. The summed E-state index contributed by atoms with van der Waals surface area (Å²) in [5.74, 6) is -3.09. The van der Waals surface area contributed by atoms with Crippen LogP contribution in [-0.4, -0.2) is 54.9 Å². The summed E-state index contributed by atoms with van der Waals surface area (Å²) < 4.78 is 9.41. The minimum absolute atomic E-state index is 0.0422. The van der Waals surface area contributed by atoms with Gasteiger partial charge in [0.2, 0.25) is 0 Å². The van der Waals surface area contributed by atoms with Crippen LogP contribution >= 0.6 is 0 Å². The van der Waals surface area contributed by atoms with Gasteiger partial charge < -0.3 is 14.6 Å². The van der Waals surface area contributed by atoms with Gasteiger partial charge in [-0.05, 0) is 19.4 Å². The first-order valence-electron chi connectivity index (χ1n) is 7.10. The highest BCUT2D eigenvalue weighted by atomic mass is 17.2. The minimum atomic E-state index is -2.12. The van der Waals surface area contributed by atoms with Crippen LogP contribution in [0.4, 0.5) is 0 Å². The van der Waals surface area contributed by atoms with Crippen molar-refractivity contribution in [2.24, 2.45) is 16.9 Å². The number of carbonyl (C=O) groups is 2. The highest BCUT2D eigenvalue weighted by Gasteiger charge is 2.69. The molecule has 2 N–H and O–H groups in total. The molecule has 23 heavy (non-hydrogen) atoms. The number of ether oxygens (including phenoxy) is 2. The van der Waals surface area contributed by atoms with Crippen molar-refractivity contribution in [2.45, 2.75) is 31.8 Å². The molecule has 0 aromatic carbocycles. The lowest BCUT2D eigenvalue weighted by Gasteiger charge is -2.41. The van der Waals surface area contributed by atoms with Crippen molar-refractivity contribution in [1.82, 2.24) is 5.43 Å². The number of methoxy groups -OCH3 is 2. The summed E-state index contributed by atoms with van der Waals surface area (Å²) >= 11 is 0. The third-order valence-electron chi connectivity index (χ3n) is 4.53. The van der Waals surface area contributed by atoms with Gasteiger partial charge in [0, 0.05) is 0 Å². The number of nitrogens with one attached hydrogen (secondary N) is 1. The predicted molar refractivity (Wildman–Crippen MR) is 74.7 cm³/mol. The summed E-state index contributed by atoms with van der Waals surface area (Å²) in [6.45, 7) is 3.73. The summed E-state index contributed by atoms with van der Waals surface area (Å²) in [5, 5.41) is 14.7. The quantitative estimate of drug-likeness (QED) is 0.387. The molecule has 2 heterocycles. The summed E-state index contributed by atoms with van der Waals surface area (Å²) in [4.78, 5) is 34.7. The molecule has 1 saturated carbocycles. The molecule has 9 nitrogen and oxygen atoms in total. The summed E-state index contributed by atoms with van der Waals surface area (Å²) in [6, 6.07) is 0. The van der Waals surface area contributed by atoms with Crippen LogP contribution in [-0.2, 0) is 28.8 Å². The van der Waals surface area contributed by atoms with E-state index in [9.17, 15) is 14.7 Å². The van der Waals surface area contributed by atoms with Gasteiger partial charge in [0.05, 0.1) is 26.1 Å². The van der Waals surface area contributed by atoms with Gasteiger partial charge in [0.1, 0.15) is 12.2 Å². The van der Waals surface area contributed by atoms with E-state index in [0.29, 0.717) is 0 Å². The highest BCUT2D eigenvalue weighted by molar-refractivity contribution is 6.38. The van der Waals surface area contributed by atoms with E-state index in [2.05, 4.69) is 15.3 Å². The molecule has 0 aromatic heterocycles. The first-order valence-corrected chi connectivity index (χ1v) is 7.10. The second kappa shape index (κ2) is 5.29. The zero-order valence-electron chi connectivity index (χ0n) is 13.2. The van der Waals surface area contributed by atoms with Crippen LogP contribution in [0, 0.1) is 11.8 Å². The van der Waals surface area contributed by atoms with Crippen LogP contribution in [0.1, 0.15) is 13.8 Å². The number of esters is 2. The molecule has 2 fully saturated rings. The Balaban J connectivity index is 2.14. The first kappa shape index (κ1) is 15.9. The molecule has 2 aliphatic heterocycles. The fraction of sp³-hybridized carbons (Fsp3) is 0.643. The smallest absolute Gasteiger partial charge is 0.361 e. The Bertz CT molecular complexity index is 625. The highest BCUT2D eigenvalue weighted by Crippen LogP contribution is 2.52. The van der Waals surface area contributed by atoms with Crippen molar-refractivity contribution in [3.63, 3.8) is 0 Å². The predicted octanol–water partition coefficient (Wildman–Crippen LogP) is -0.738. The average Bonchev–Trinajstić information content (AvgIpc) is 3.11. The molecular weight excluding hydrogens is 308 g/mol. The number of hydrazone groups is 1. The normalized spacial score (nSPS) is 37.6. The van der Waals surface area contributed by atoms with Gasteiger partial charge in [-0.3, -0.25) is 5.43 Å². The van der Waals surface area contributed by atoms with Gasteiger partial charge in [-0.25, -0.2) is 19.4 Å². The number of rotatable bonds is 2. The molecule has 0 spiro atoms. The van der Waals surface area contributed by atoms with Gasteiger partial charge in [-0.15, -0.1) is 0 Å². The zero-order valence-corrected chi connectivity index (χ0v) is 13.2. The molecule has 2 bridgehead atoms. The fourth-order valence-electron chi connectivity index (χ4n) is 3.55. The summed E-state index contributed by atoms with van der Waals surface area (Å²) in [6.07, 6.45) is -1.31. The summed E-state index contributed by atoms with van der Waals surface area (Å²) in [7, 11) is 2.39. The Morgan fingerprint density at radius 3 is 2.43 bits per heavy atom. The topological polar surface area (TPSA) is 116 Å². The van der Waals surface area contributed by atoms with Crippen LogP contribution in [0.25, 0.3) is 0 Å². The number of hydrogen-bond donors (Lipinski definition) is 2. The largest absolute Gasteiger partial charge is 0.465 e. The molecule has 3 rings (SSSR count). The fourth-order valence-corrected chi connectivity index (χ4v) is 3.55. The lowest BCUT2D eigenvalue weighted by molar-refractivity contribution is -0.348. The molecule has 5 atom stereocenters. The first-order chi connectivity index (χ1) is 10.9. The monoisotopic (exact) mass is 326 g/mol. The van der Waals surface area contributed by atoms with Crippen molar-refractivity contribution in [3.8, 4) is 0 Å². The maximum atomic E-state index is 12.1.